The summed E-state index contributed by atoms with van der Waals surface area (Å²) in [6, 6.07) is 13.6. The van der Waals surface area contributed by atoms with Crippen LogP contribution in [0, 0.1) is 6.92 Å². The predicted molar refractivity (Wildman–Crippen MR) is 110 cm³/mol. The molecule has 0 saturated carbocycles. The van der Waals surface area contributed by atoms with Gasteiger partial charge in [-0.1, -0.05) is 35.9 Å². The fourth-order valence-corrected chi connectivity index (χ4v) is 4.64. The molecule has 2 aromatic carbocycles. The van der Waals surface area contributed by atoms with Crippen LogP contribution in [0.2, 0.25) is 5.02 Å². The quantitative estimate of drug-likeness (QED) is 0.766. The van der Waals surface area contributed by atoms with E-state index >= 15 is 0 Å². The Labute approximate surface area is 163 Å². The molecule has 0 aromatic heterocycles. The van der Waals surface area contributed by atoms with Crippen LogP contribution < -0.4 is 10.1 Å². The van der Waals surface area contributed by atoms with Gasteiger partial charge in [-0.05, 0) is 42.7 Å². The van der Waals surface area contributed by atoms with Gasteiger partial charge in [0.05, 0.1) is 12.8 Å². The number of carbonyl (C=O) groups excluding carboxylic acids is 1. The van der Waals surface area contributed by atoms with Crippen LogP contribution in [0.3, 0.4) is 0 Å². The first-order valence-corrected chi connectivity index (χ1v) is 10.1. The van der Waals surface area contributed by atoms with Crippen molar-refractivity contribution in [3.8, 4) is 5.75 Å². The SMILES string of the molecule is COc1ccc(Cl)cc1NC(=O)N1CCSC(c2ccccc2C)CC1. The zero-order valence-electron chi connectivity index (χ0n) is 15.0. The molecule has 1 heterocycles. The van der Waals surface area contributed by atoms with Crippen LogP contribution in [0.5, 0.6) is 5.75 Å². The number of anilines is 1. The van der Waals surface area contributed by atoms with E-state index in [0.29, 0.717) is 21.7 Å². The maximum Gasteiger partial charge on any atom is 0.321 e. The number of hydrogen-bond acceptors (Lipinski definition) is 3. The van der Waals surface area contributed by atoms with Crippen molar-refractivity contribution in [2.45, 2.75) is 18.6 Å². The molecule has 1 fully saturated rings. The number of amides is 2. The zero-order chi connectivity index (χ0) is 18.5. The first kappa shape index (κ1) is 18.9. The summed E-state index contributed by atoms with van der Waals surface area (Å²) in [5, 5.41) is 3.92. The molecule has 0 bridgehead atoms. The molecule has 0 radical (unpaired) electrons. The van der Waals surface area contributed by atoms with Gasteiger partial charge in [0.15, 0.2) is 0 Å². The molecule has 1 N–H and O–H groups in total. The molecule has 0 aliphatic carbocycles. The lowest BCUT2D eigenvalue weighted by molar-refractivity contribution is 0.215. The highest BCUT2D eigenvalue weighted by Crippen LogP contribution is 2.36. The smallest absolute Gasteiger partial charge is 0.321 e. The van der Waals surface area contributed by atoms with Crippen LogP contribution in [-0.2, 0) is 0 Å². The van der Waals surface area contributed by atoms with Crippen molar-refractivity contribution in [1.29, 1.82) is 0 Å². The molecule has 1 atom stereocenters. The molecule has 4 nitrogen and oxygen atoms in total. The molecule has 3 rings (SSSR count). The van der Waals surface area contributed by atoms with Crippen LogP contribution in [0.1, 0.15) is 22.8 Å². The summed E-state index contributed by atoms with van der Waals surface area (Å²) in [7, 11) is 1.58. The van der Waals surface area contributed by atoms with Crippen molar-refractivity contribution in [1.82, 2.24) is 4.90 Å². The van der Waals surface area contributed by atoms with Gasteiger partial charge < -0.3 is 15.0 Å². The molecule has 138 valence electrons. The number of aryl methyl sites for hydroxylation is 1. The highest BCUT2D eigenvalue weighted by atomic mass is 35.5. The van der Waals surface area contributed by atoms with E-state index in [1.54, 1.807) is 25.3 Å². The van der Waals surface area contributed by atoms with Gasteiger partial charge in [0.2, 0.25) is 0 Å². The lowest BCUT2D eigenvalue weighted by Crippen LogP contribution is -2.36. The Balaban J connectivity index is 1.67. The van der Waals surface area contributed by atoms with Gasteiger partial charge in [0, 0.05) is 29.1 Å². The van der Waals surface area contributed by atoms with Gasteiger partial charge in [-0.3, -0.25) is 0 Å². The third kappa shape index (κ3) is 4.46. The number of methoxy groups -OCH3 is 1. The van der Waals surface area contributed by atoms with Crippen molar-refractivity contribution >= 4 is 35.1 Å². The fraction of sp³-hybridized carbons (Fsp3) is 0.350. The number of benzene rings is 2. The Hall–Kier alpha value is -1.85. The minimum atomic E-state index is -0.114. The van der Waals surface area contributed by atoms with Gasteiger partial charge in [0.25, 0.3) is 0 Å². The Morgan fingerprint density at radius 1 is 1.27 bits per heavy atom. The van der Waals surface area contributed by atoms with Crippen LogP contribution in [0.25, 0.3) is 0 Å². The number of nitrogens with one attached hydrogen (secondary N) is 1. The largest absolute Gasteiger partial charge is 0.495 e. The van der Waals surface area contributed by atoms with Crippen molar-refractivity contribution < 1.29 is 9.53 Å². The van der Waals surface area contributed by atoms with E-state index < -0.39 is 0 Å². The minimum Gasteiger partial charge on any atom is -0.495 e. The van der Waals surface area contributed by atoms with E-state index in [0.717, 1.165) is 25.3 Å². The third-order valence-electron chi connectivity index (χ3n) is 4.57. The van der Waals surface area contributed by atoms with E-state index in [9.17, 15) is 4.79 Å². The van der Waals surface area contributed by atoms with Gasteiger partial charge in [0.1, 0.15) is 5.75 Å². The fourth-order valence-electron chi connectivity index (χ4n) is 3.14. The molecule has 2 amide bonds. The van der Waals surface area contributed by atoms with Crippen molar-refractivity contribution in [3.63, 3.8) is 0 Å². The molecular weight excluding hydrogens is 368 g/mol. The molecule has 6 heteroatoms. The normalized spacial score (nSPS) is 17.5. The van der Waals surface area contributed by atoms with E-state index in [2.05, 4.69) is 36.5 Å². The monoisotopic (exact) mass is 390 g/mol. The summed E-state index contributed by atoms with van der Waals surface area (Å²) >= 11 is 7.97. The summed E-state index contributed by atoms with van der Waals surface area (Å²) in [6.45, 7) is 3.60. The molecule has 26 heavy (non-hydrogen) atoms. The first-order chi connectivity index (χ1) is 12.6. The molecular formula is C20H23ClN2O2S. The second kappa shape index (κ2) is 8.69. The second-order valence-electron chi connectivity index (χ2n) is 6.27. The molecule has 1 aliphatic rings. The molecule has 1 unspecified atom stereocenters. The lowest BCUT2D eigenvalue weighted by Gasteiger charge is -2.22. The number of nitrogens with zero attached hydrogens (tertiary/aromatic N) is 1. The first-order valence-electron chi connectivity index (χ1n) is 8.65. The summed E-state index contributed by atoms with van der Waals surface area (Å²) in [5.41, 5.74) is 3.28. The Kier molecular flexibility index (Phi) is 6.33. The summed E-state index contributed by atoms with van der Waals surface area (Å²) in [6.07, 6.45) is 0.940. The number of thioether (sulfide) groups is 1. The number of urea groups is 1. The molecule has 2 aromatic rings. The van der Waals surface area contributed by atoms with Crippen molar-refractivity contribution in [3.05, 3.63) is 58.6 Å². The van der Waals surface area contributed by atoms with Crippen LogP contribution in [0.15, 0.2) is 42.5 Å². The number of ether oxygens (including phenoxy) is 1. The topological polar surface area (TPSA) is 41.6 Å². The number of carbonyl (C=O) groups is 1. The van der Waals surface area contributed by atoms with E-state index in [4.69, 9.17) is 16.3 Å². The van der Waals surface area contributed by atoms with Gasteiger partial charge in [-0.2, -0.15) is 11.8 Å². The van der Waals surface area contributed by atoms with E-state index in [-0.39, 0.29) is 6.03 Å². The summed E-state index contributed by atoms with van der Waals surface area (Å²) < 4.78 is 5.31. The minimum absolute atomic E-state index is 0.114. The van der Waals surface area contributed by atoms with Gasteiger partial charge >= 0.3 is 6.03 Å². The second-order valence-corrected chi connectivity index (χ2v) is 8.01. The predicted octanol–water partition coefficient (Wildman–Crippen LogP) is 5.37. The highest BCUT2D eigenvalue weighted by Gasteiger charge is 2.23. The lowest BCUT2D eigenvalue weighted by atomic mass is 10.0. The molecule has 1 saturated heterocycles. The summed E-state index contributed by atoms with van der Waals surface area (Å²) in [4.78, 5) is 14.6. The Bertz CT molecular complexity index is 784. The highest BCUT2D eigenvalue weighted by molar-refractivity contribution is 7.99. The third-order valence-corrected chi connectivity index (χ3v) is 6.11. The van der Waals surface area contributed by atoms with Crippen molar-refractivity contribution in [2.24, 2.45) is 0 Å². The van der Waals surface area contributed by atoms with Crippen LogP contribution in [-0.4, -0.2) is 36.9 Å². The average molecular weight is 391 g/mol. The summed E-state index contributed by atoms with van der Waals surface area (Å²) in [5.74, 6) is 1.52. The number of rotatable bonds is 3. The maximum absolute atomic E-state index is 12.7. The van der Waals surface area contributed by atoms with Gasteiger partial charge in [-0.25, -0.2) is 4.79 Å². The van der Waals surface area contributed by atoms with Crippen LogP contribution >= 0.6 is 23.4 Å². The van der Waals surface area contributed by atoms with Gasteiger partial charge in [-0.15, -0.1) is 0 Å². The number of halogens is 1. The van der Waals surface area contributed by atoms with Crippen molar-refractivity contribution in [2.75, 3.05) is 31.3 Å². The number of hydrogen-bond donors (Lipinski definition) is 1. The average Bonchev–Trinajstić information content (AvgIpc) is 2.88. The Morgan fingerprint density at radius 2 is 2.08 bits per heavy atom. The van der Waals surface area contributed by atoms with E-state index in [1.807, 2.05) is 16.7 Å². The zero-order valence-corrected chi connectivity index (χ0v) is 16.6. The maximum atomic E-state index is 12.7. The molecule has 0 spiro atoms. The standard InChI is InChI=1S/C20H23ClN2O2S/c1-14-5-3-4-6-16(14)19-9-10-23(11-12-26-19)20(24)22-17-13-15(21)7-8-18(17)25-2/h3-8,13,19H,9-12H2,1-2H3,(H,22,24). The molecule has 1 aliphatic heterocycles. The van der Waals surface area contributed by atoms with Crippen LogP contribution in [0.4, 0.5) is 10.5 Å². The Morgan fingerprint density at radius 3 is 2.85 bits per heavy atom. The van der Waals surface area contributed by atoms with E-state index in [1.165, 1.54) is 11.1 Å².